The van der Waals surface area contributed by atoms with E-state index in [0.717, 1.165) is 0 Å². The van der Waals surface area contributed by atoms with Crippen molar-refractivity contribution in [3.05, 3.63) is 12.1 Å². The number of nitrogens with zero attached hydrogens (tertiary/aromatic N) is 1. The Balaban J connectivity index is 2.52. The summed E-state index contributed by atoms with van der Waals surface area (Å²) in [6.45, 7) is 0.242. The molecule has 0 atom stereocenters. The highest BCUT2D eigenvalue weighted by molar-refractivity contribution is 5.43. The molecule has 0 radical (unpaired) electrons. The van der Waals surface area contributed by atoms with Crippen LogP contribution in [0, 0.1) is 0 Å². The second kappa shape index (κ2) is 1.76. The van der Waals surface area contributed by atoms with Crippen LogP contribution < -0.4 is 15.2 Å². The van der Waals surface area contributed by atoms with Crippen molar-refractivity contribution in [1.82, 2.24) is 4.98 Å². The number of hydrogen-bond donors (Lipinski definition) is 1. The van der Waals surface area contributed by atoms with Crippen LogP contribution in [-0.4, -0.2) is 11.8 Å². The van der Waals surface area contributed by atoms with Crippen LogP contribution in [0.5, 0.6) is 11.6 Å². The maximum atomic E-state index is 5.38. The Kier molecular flexibility index (Phi) is 0.943. The van der Waals surface area contributed by atoms with E-state index in [2.05, 4.69) is 4.98 Å². The molecule has 0 amide bonds. The van der Waals surface area contributed by atoms with Gasteiger partial charge in [0.15, 0.2) is 5.75 Å². The quantitative estimate of drug-likeness (QED) is 0.563. The Morgan fingerprint density at radius 2 is 2.30 bits per heavy atom. The Morgan fingerprint density at radius 1 is 1.40 bits per heavy atom. The largest absolute Gasteiger partial charge is 0.452 e. The molecule has 2 heterocycles. The van der Waals surface area contributed by atoms with Crippen LogP contribution >= 0.6 is 0 Å². The second-order valence-corrected chi connectivity index (χ2v) is 1.95. The van der Waals surface area contributed by atoms with E-state index in [0.29, 0.717) is 17.4 Å². The molecule has 0 saturated heterocycles. The number of nitrogens with two attached hydrogens (primary N) is 1. The minimum atomic E-state index is 0.242. The molecule has 1 aromatic heterocycles. The van der Waals surface area contributed by atoms with E-state index < -0.39 is 0 Å². The van der Waals surface area contributed by atoms with E-state index in [1.54, 1.807) is 12.1 Å². The van der Waals surface area contributed by atoms with Gasteiger partial charge in [0.1, 0.15) is 5.82 Å². The van der Waals surface area contributed by atoms with Crippen molar-refractivity contribution >= 4 is 5.82 Å². The Morgan fingerprint density at radius 3 is 3.20 bits per heavy atom. The summed E-state index contributed by atoms with van der Waals surface area (Å²) in [5, 5.41) is 0. The van der Waals surface area contributed by atoms with E-state index in [1.807, 2.05) is 0 Å². The van der Waals surface area contributed by atoms with Gasteiger partial charge in [0.2, 0.25) is 6.79 Å². The highest BCUT2D eigenvalue weighted by Gasteiger charge is 2.13. The van der Waals surface area contributed by atoms with Gasteiger partial charge < -0.3 is 15.2 Å². The van der Waals surface area contributed by atoms with E-state index in [1.165, 1.54) is 0 Å². The minimum absolute atomic E-state index is 0.242. The van der Waals surface area contributed by atoms with Crippen LogP contribution in [0.2, 0.25) is 0 Å². The molecule has 4 nitrogen and oxygen atoms in total. The van der Waals surface area contributed by atoms with Crippen LogP contribution in [0.3, 0.4) is 0 Å². The first-order valence-electron chi connectivity index (χ1n) is 2.88. The molecule has 10 heavy (non-hydrogen) atoms. The average Bonchev–Trinajstić information content (AvgIpc) is 2.33. The molecule has 1 aromatic rings. The topological polar surface area (TPSA) is 57.4 Å². The van der Waals surface area contributed by atoms with Crippen LogP contribution in [0.25, 0.3) is 0 Å². The second-order valence-electron chi connectivity index (χ2n) is 1.95. The molecule has 0 aromatic carbocycles. The SMILES string of the molecule is Nc1ccc2c(n1)OCO2. The van der Waals surface area contributed by atoms with Gasteiger partial charge in [-0.05, 0) is 12.1 Å². The van der Waals surface area contributed by atoms with Gasteiger partial charge in [-0.3, -0.25) is 0 Å². The fourth-order valence-electron chi connectivity index (χ4n) is 0.804. The number of fused-ring (bicyclic) bond motifs is 1. The molecule has 0 fully saturated rings. The highest BCUT2D eigenvalue weighted by Crippen LogP contribution is 2.29. The lowest BCUT2D eigenvalue weighted by Crippen LogP contribution is -1.94. The summed E-state index contributed by atoms with van der Waals surface area (Å²) in [5.74, 6) is 1.60. The van der Waals surface area contributed by atoms with Crippen LogP contribution in [0.1, 0.15) is 0 Å². The van der Waals surface area contributed by atoms with E-state index in [-0.39, 0.29) is 6.79 Å². The third kappa shape index (κ3) is 0.655. The molecule has 0 bridgehead atoms. The Bertz CT molecular complexity index is 262. The van der Waals surface area contributed by atoms with Gasteiger partial charge in [0.05, 0.1) is 0 Å². The van der Waals surface area contributed by atoms with Gasteiger partial charge in [-0.15, -0.1) is 0 Å². The Hall–Kier alpha value is -1.45. The van der Waals surface area contributed by atoms with Crippen LogP contribution in [0.15, 0.2) is 12.1 Å². The number of rotatable bonds is 0. The molecule has 2 rings (SSSR count). The smallest absolute Gasteiger partial charge is 0.262 e. The number of hydrogen-bond acceptors (Lipinski definition) is 4. The first kappa shape index (κ1) is 5.34. The summed E-state index contributed by atoms with van der Waals surface area (Å²) in [7, 11) is 0. The first-order valence-corrected chi connectivity index (χ1v) is 2.88. The molecular formula is C6H6N2O2. The first-order chi connectivity index (χ1) is 4.86. The molecule has 0 unspecified atom stereocenters. The molecule has 4 heteroatoms. The summed E-state index contributed by atoms with van der Waals surface area (Å²) in [6, 6.07) is 3.41. The predicted octanol–water partition coefficient (Wildman–Crippen LogP) is 0.392. The molecule has 0 spiro atoms. The van der Waals surface area contributed by atoms with Crippen LogP contribution in [-0.2, 0) is 0 Å². The summed E-state index contributed by atoms with van der Waals surface area (Å²) in [5.41, 5.74) is 5.38. The van der Waals surface area contributed by atoms with Gasteiger partial charge in [-0.1, -0.05) is 0 Å². The monoisotopic (exact) mass is 138 g/mol. The summed E-state index contributed by atoms with van der Waals surface area (Å²) in [4.78, 5) is 3.88. The standard InChI is InChI=1S/C6H6N2O2/c7-5-2-1-4-6(8-5)10-3-9-4/h1-2H,3H2,(H2,7,8). The van der Waals surface area contributed by atoms with Crippen molar-refractivity contribution in [1.29, 1.82) is 0 Å². The van der Waals surface area contributed by atoms with Crippen molar-refractivity contribution in [2.24, 2.45) is 0 Å². The number of nitrogen functional groups attached to an aromatic ring is 1. The van der Waals surface area contributed by atoms with Crippen molar-refractivity contribution in [2.75, 3.05) is 12.5 Å². The zero-order valence-corrected chi connectivity index (χ0v) is 5.20. The number of pyridine rings is 1. The van der Waals surface area contributed by atoms with Gasteiger partial charge in [0, 0.05) is 0 Å². The van der Waals surface area contributed by atoms with Crippen molar-refractivity contribution in [2.45, 2.75) is 0 Å². The summed E-state index contributed by atoms with van der Waals surface area (Å²) >= 11 is 0. The fourth-order valence-corrected chi connectivity index (χ4v) is 0.804. The normalized spacial score (nSPS) is 13.6. The minimum Gasteiger partial charge on any atom is -0.452 e. The molecule has 0 aliphatic carbocycles. The van der Waals surface area contributed by atoms with Gasteiger partial charge >= 0.3 is 0 Å². The lowest BCUT2D eigenvalue weighted by Gasteiger charge is -1.93. The molecule has 52 valence electrons. The lowest BCUT2D eigenvalue weighted by molar-refractivity contribution is 0.171. The molecular weight excluding hydrogens is 132 g/mol. The maximum absolute atomic E-state index is 5.38. The molecule has 2 N–H and O–H groups in total. The molecule has 1 aliphatic rings. The zero-order valence-electron chi connectivity index (χ0n) is 5.20. The van der Waals surface area contributed by atoms with Gasteiger partial charge in [0.25, 0.3) is 5.88 Å². The molecule has 0 saturated carbocycles. The highest BCUT2D eigenvalue weighted by atomic mass is 16.7. The fraction of sp³-hybridized carbons (Fsp3) is 0.167. The van der Waals surface area contributed by atoms with Gasteiger partial charge in [-0.25, -0.2) is 0 Å². The van der Waals surface area contributed by atoms with Crippen molar-refractivity contribution in [3.63, 3.8) is 0 Å². The van der Waals surface area contributed by atoms with Crippen LogP contribution in [0.4, 0.5) is 5.82 Å². The number of ether oxygens (including phenoxy) is 2. The maximum Gasteiger partial charge on any atom is 0.262 e. The number of aromatic nitrogens is 1. The summed E-state index contributed by atoms with van der Waals surface area (Å²) in [6.07, 6.45) is 0. The van der Waals surface area contributed by atoms with E-state index in [4.69, 9.17) is 15.2 Å². The Labute approximate surface area is 57.6 Å². The van der Waals surface area contributed by atoms with Crippen molar-refractivity contribution in [3.8, 4) is 11.6 Å². The molecule has 1 aliphatic heterocycles. The zero-order chi connectivity index (χ0) is 6.97. The average molecular weight is 138 g/mol. The third-order valence-corrected chi connectivity index (χ3v) is 1.26. The predicted molar refractivity (Wildman–Crippen MR) is 34.8 cm³/mol. The van der Waals surface area contributed by atoms with Crippen molar-refractivity contribution < 1.29 is 9.47 Å². The number of anilines is 1. The van der Waals surface area contributed by atoms with E-state index >= 15 is 0 Å². The lowest BCUT2D eigenvalue weighted by atomic mass is 10.4. The van der Waals surface area contributed by atoms with E-state index in [9.17, 15) is 0 Å². The summed E-state index contributed by atoms with van der Waals surface area (Å²) < 4.78 is 9.98. The van der Waals surface area contributed by atoms with Gasteiger partial charge in [-0.2, -0.15) is 4.98 Å². The third-order valence-electron chi connectivity index (χ3n) is 1.26.